The van der Waals surface area contributed by atoms with Gasteiger partial charge in [0.15, 0.2) is 0 Å². The molecule has 0 aliphatic heterocycles. The Kier molecular flexibility index (Phi) is 11.7. The Hall–Kier alpha value is -3.36. The summed E-state index contributed by atoms with van der Waals surface area (Å²) >= 11 is -0.322. The van der Waals surface area contributed by atoms with Crippen LogP contribution in [0.1, 0.15) is 69.5 Å². The summed E-state index contributed by atoms with van der Waals surface area (Å²) in [5.41, 5.74) is 1.07. The molecule has 43 heavy (non-hydrogen) atoms. The molecule has 228 valence electrons. The molecule has 0 bridgehead atoms. The average Bonchev–Trinajstić information content (AvgIpc) is 3.61. The number of carbonyl (C=O) groups is 4. The fourth-order valence-corrected chi connectivity index (χ4v) is 8.98. The molecule has 4 aromatic rings. The molecule has 1 N–H and O–H groups in total. The van der Waals surface area contributed by atoms with Crippen LogP contribution < -0.4 is 14.2 Å². The Morgan fingerprint density at radius 3 is 1.93 bits per heavy atom. The van der Waals surface area contributed by atoms with Crippen molar-refractivity contribution in [2.24, 2.45) is 0 Å². The number of unbranched alkanes of at least 4 members (excludes halogenated alkanes) is 1. The van der Waals surface area contributed by atoms with Crippen LogP contribution in [0, 0.1) is 0 Å². The van der Waals surface area contributed by atoms with Crippen LogP contribution in [0.4, 0.5) is 0 Å². The summed E-state index contributed by atoms with van der Waals surface area (Å²) in [6.07, 6.45) is 2.50. The van der Waals surface area contributed by atoms with Crippen LogP contribution in [0.3, 0.4) is 0 Å². The zero-order valence-electron chi connectivity index (χ0n) is 24.4. The van der Waals surface area contributed by atoms with Gasteiger partial charge in [-0.2, -0.15) is 0 Å². The van der Waals surface area contributed by atoms with Crippen molar-refractivity contribution in [2.45, 2.75) is 51.9 Å². The van der Waals surface area contributed by atoms with Gasteiger partial charge in [0.05, 0.1) is 0 Å². The van der Waals surface area contributed by atoms with Crippen molar-refractivity contribution in [3.63, 3.8) is 0 Å². The van der Waals surface area contributed by atoms with Gasteiger partial charge in [0.2, 0.25) is 0 Å². The van der Waals surface area contributed by atoms with Gasteiger partial charge < -0.3 is 0 Å². The summed E-state index contributed by atoms with van der Waals surface area (Å²) in [4.78, 5) is 47.6. The van der Waals surface area contributed by atoms with Gasteiger partial charge in [0.25, 0.3) is 0 Å². The van der Waals surface area contributed by atoms with E-state index < -0.39 is 5.97 Å². The molecule has 0 saturated carbocycles. The van der Waals surface area contributed by atoms with Gasteiger partial charge in [0, 0.05) is 0 Å². The fraction of sp³-hybridized carbons (Fsp3) is 0.375. The molecule has 0 atom stereocenters. The summed E-state index contributed by atoms with van der Waals surface area (Å²) in [7, 11) is 3.23. The van der Waals surface area contributed by atoms with E-state index in [9.17, 15) is 19.2 Å². The van der Waals surface area contributed by atoms with Crippen LogP contribution in [0.2, 0.25) is 0 Å². The summed E-state index contributed by atoms with van der Waals surface area (Å²) in [5, 5.41) is 10.8. The number of hydrogen-bond donors (Lipinski definition) is 1. The number of benzene rings is 2. The Morgan fingerprint density at radius 2 is 1.33 bits per heavy atom. The molecule has 0 amide bonds. The van der Waals surface area contributed by atoms with Crippen LogP contribution in [0.5, 0.6) is 17.2 Å². The van der Waals surface area contributed by atoms with Crippen molar-refractivity contribution in [1.29, 1.82) is 0 Å². The Labute approximate surface area is 261 Å². The van der Waals surface area contributed by atoms with Crippen LogP contribution in [0.15, 0.2) is 36.4 Å². The number of methoxy groups -OCH3 is 2. The number of ether oxygens (including phenoxy) is 4. The monoisotopic (exact) mass is 722 g/mol. The molecule has 0 unspecified atom stereocenters. The Bertz CT molecular complexity index is 1630. The zero-order chi connectivity index (χ0) is 30.9. The topological polar surface area (TPSA) is 125 Å². The third kappa shape index (κ3) is 8.61. The number of carboxylic acids is 1. The van der Waals surface area contributed by atoms with Crippen LogP contribution in [-0.4, -0.2) is 85.1 Å². The van der Waals surface area contributed by atoms with E-state index in [-0.39, 0.29) is 72.2 Å². The summed E-state index contributed by atoms with van der Waals surface area (Å²) in [6, 6.07) is 11.7. The first kappa shape index (κ1) is 32.6. The Morgan fingerprint density at radius 1 is 0.721 bits per heavy atom. The van der Waals surface area contributed by atoms with E-state index in [1.54, 1.807) is 21.1 Å². The molecule has 0 saturated heterocycles. The van der Waals surface area contributed by atoms with Crippen molar-refractivity contribution in [3.8, 4) is 17.2 Å². The van der Waals surface area contributed by atoms with Crippen LogP contribution in [0.25, 0.3) is 19.3 Å². The zero-order valence-corrected chi connectivity index (χ0v) is 27.8. The number of ketones is 2. The standard InChI is InChI=1S/C32H34O9Se2/c1-4-40-32(37)11-9-23(34)29-15-20-13-19(24(38-2)17-27(20)42-29)7-5-6-12-41-26-14-21-16-30(22(33)8-10-31(35)36)43-28(21)18-25(26)39-3/h13-18H,4-12H2,1-3H3,(H,35,36). The van der Waals surface area contributed by atoms with E-state index in [0.29, 0.717) is 29.2 Å². The van der Waals surface area contributed by atoms with Crippen molar-refractivity contribution in [3.05, 3.63) is 50.8 Å². The number of aliphatic carboxylic acids is 1. The number of hydrogen-bond acceptors (Lipinski definition) is 8. The number of aryl methyl sites for hydroxylation is 1. The minimum atomic E-state index is -0.980. The molecule has 2 aromatic carbocycles. The van der Waals surface area contributed by atoms with Crippen LogP contribution >= 0.6 is 0 Å². The number of rotatable bonds is 17. The number of esters is 1. The fourth-order valence-electron chi connectivity index (χ4n) is 4.61. The average molecular weight is 721 g/mol. The quantitative estimate of drug-likeness (QED) is 0.0687. The first-order chi connectivity index (χ1) is 20.7. The maximum absolute atomic E-state index is 12.7. The number of fused-ring (bicyclic) bond motifs is 2. The molecule has 9 nitrogen and oxygen atoms in total. The van der Waals surface area contributed by atoms with Gasteiger partial charge in [-0.3, -0.25) is 0 Å². The summed E-state index contributed by atoms with van der Waals surface area (Å²) < 4.78 is 25.7. The second-order valence-corrected chi connectivity index (χ2v) is 14.4. The minimum absolute atomic E-state index is 0.0000265. The summed E-state index contributed by atoms with van der Waals surface area (Å²) in [5.74, 6) is 0.543. The van der Waals surface area contributed by atoms with Crippen molar-refractivity contribution < 1.29 is 43.2 Å². The molecule has 2 heterocycles. The molecule has 4 rings (SSSR count). The van der Waals surface area contributed by atoms with Gasteiger partial charge in [-0.25, -0.2) is 0 Å². The third-order valence-electron chi connectivity index (χ3n) is 6.80. The van der Waals surface area contributed by atoms with Gasteiger partial charge >= 0.3 is 262 Å². The van der Waals surface area contributed by atoms with Gasteiger partial charge in [-0.05, 0) is 0 Å². The van der Waals surface area contributed by atoms with Gasteiger partial charge in [0.1, 0.15) is 0 Å². The number of Topliss-reactive ketones (excluding diaryl/α,β-unsaturated/α-hetero) is 2. The molecular weight excluding hydrogens is 686 g/mol. The Balaban J connectivity index is 1.35. The van der Waals surface area contributed by atoms with E-state index in [1.807, 2.05) is 30.3 Å². The van der Waals surface area contributed by atoms with Gasteiger partial charge in [-0.15, -0.1) is 0 Å². The number of carboxylic acid groups (broad SMARTS) is 1. The van der Waals surface area contributed by atoms with Gasteiger partial charge in [-0.1, -0.05) is 0 Å². The second kappa shape index (κ2) is 15.4. The van der Waals surface area contributed by atoms with E-state index in [4.69, 9.17) is 24.1 Å². The third-order valence-corrected chi connectivity index (χ3v) is 11.6. The molecule has 0 spiro atoms. The molecule has 0 aliphatic carbocycles. The normalized spacial score (nSPS) is 11.0. The molecule has 0 aliphatic rings. The molecular formula is C32H34O9Se2. The van der Waals surface area contributed by atoms with Crippen molar-refractivity contribution in [2.75, 3.05) is 27.4 Å². The second-order valence-electron chi connectivity index (χ2n) is 9.81. The van der Waals surface area contributed by atoms with E-state index >= 15 is 0 Å². The first-order valence-electron chi connectivity index (χ1n) is 14.0. The molecule has 0 fully saturated rings. The van der Waals surface area contributed by atoms with E-state index in [1.165, 1.54) is 0 Å². The first-order valence-corrected chi connectivity index (χ1v) is 17.4. The van der Waals surface area contributed by atoms with E-state index in [2.05, 4.69) is 6.07 Å². The predicted molar refractivity (Wildman–Crippen MR) is 165 cm³/mol. The molecule has 11 heteroatoms. The molecule has 0 radical (unpaired) electrons. The van der Waals surface area contributed by atoms with Crippen molar-refractivity contribution in [1.82, 2.24) is 0 Å². The molecule has 2 aromatic heterocycles. The predicted octanol–water partition coefficient (Wildman–Crippen LogP) is 5.10. The number of carbonyl (C=O) groups excluding carboxylic acids is 3. The maximum atomic E-state index is 12.7. The van der Waals surface area contributed by atoms with Crippen molar-refractivity contribution >= 4 is 71.8 Å². The van der Waals surface area contributed by atoms with E-state index in [0.717, 1.165) is 54.3 Å². The van der Waals surface area contributed by atoms with Crippen LogP contribution in [-0.2, 0) is 20.7 Å². The SMILES string of the molecule is CCOC(=O)CCC(=O)c1cc2cc(CCCCOc3cc4cc(C(=O)CCC(=O)O)[se]c4cc3OC)c(OC)cc2[se]1. The summed E-state index contributed by atoms with van der Waals surface area (Å²) in [6.45, 7) is 2.53.